The molecule has 20 heavy (non-hydrogen) atoms. The Morgan fingerprint density at radius 3 is 2.25 bits per heavy atom. The highest BCUT2D eigenvalue weighted by molar-refractivity contribution is 5.45. The fraction of sp³-hybridized carbons (Fsp3) is 0.625. The zero-order valence-electron chi connectivity index (χ0n) is 13.2. The van der Waals surface area contributed by atoms with Crippen molar-refractivity contribution >= 4 is 0 Å². The summed E-state index contributed by atoms with van der Waals surface area (Å²) in [5.41, 5.74) is 0.401. The van der Waals surface area contributed by atoms with Crippen LogP contribution >= 0.6 is 0 Å². The molecule has 0 atom stereocenters. The van der Waals surface area contributed by atoms with Gasteiger partial charge in [0.1, 0.15) is 5.82 Å². The number of ether oxygens (including phenoxy) is 2. The third-order valence-electron chi connectivity index (χ3n) is 3.56. The summed E-state index contributed by atoms with van der Waals surface area (Å²) in [5.74, 6) is 0.746. The monoisotopic (exact) mass is 283 g/mol. The van der Waals surface area contributed by atoms with Crippen LogP contribution in [0.2, 0.25) is 0 Å². The predicted octanol–water partition coefficient (Wildman–Crippen LogP) is 3.51. The minimum Gasteiger partial charge on any atom is -0.493 e. The molecular weight excluding hydrogens is 257 g/mol. The lowest BCUT2D eigenvalue weighted by Crippen LogP contribution is -2.27. The molecular formula is C16H26FNO2. The number of nitrogens with one attached hydrogen (secondary N) is 1. The summed E-state index contributed by atoms with van der Waals surface area (Å²) in [7, 11) is 3.08. The number of halogens is 1. The van der Waals surface area contributed by atoms with E-state index in [0.717, 1.165) is 25.9 Å². The highest BCUT2D eigenvalue weighted by Crippen LogP contribution is 2.36. The molecule has 1 N–H and O–H groups in total. The Labute approximate surface area is 121 Å². The summed E-state index contributed by atoms with van der Waals surface area (Å²) >= 11 is 0. The number of hydrogen-bond donors (Lipinski definition) is 1. The highest BCUT2D eigenvalue weighted by atomic mass is 19.1. The molecule has 0 aliphatic rings. The van der Waals surface area contributed by atoms with E-state index in [1.165, 1.54) is 13.2 Å². The molecule has 0 radical (unpaired) electrons. The van der Waals surface area contributed by atoms with Crippen molar-refractivity contribution in [3.63, 3.8) is 0 Å². The van der Waals surface area contributed by atoms with Gasteiger partial charge in [-0.05, 0) is 43.0 Å². The summed E-state index contributed by atoms with van der Waals surface area (Å²) in [6.45, 7) is 8.08. The van der Waals surface area contributed by atoms with E-state index in [2.05, 4.69) is 12.2 Å². The molecule has 0 saturated heterocycles. The second-order valence-electron chi connectivity index (χ2n) is 5.57. The van der Waals surface area contributed by atoms with Gasteiger partial charge in [0, 0.05) is 6.07 Å². The Kier molecular flexibility index (Phi) is 6.27. The highest BCUT2D eigenvalue weighted by Gasteiger charge is 2.26. The third-order valence-corrected chi connectivity index (χ3v) is 3.56. The molecule has 3 nitrogen and oxygen atoms in total. The first-order chi connectivity index (χ1) is 9.46. The van der Waals surface area contributed by atoms with Crippen molar-refractivity contribution in [2.75, 3.05) is 27.3 Å². The van der Waals surface area contributed by atoms with Crippen LogP contribution in [0.5, 0.6) is 11.5 Å². The smallest absolute Gasteiger partial charge is 0.163 e. The van der Waals surface area contributed by atoms with Crippen LogP contribution in [0, 0.1) is 5.82 Å². The minimum absolute atomic E-state index is 0.247. The van der Waals surface area contributed by atoms with E-state index in [1.807, 2.05) is 13.8 Å². The van der Waals surface area contributed by atoms with Crippen molar-refractivity contribution < 1.29 is 13.9 Å². The molecule has 0 fully saturated rings. The molecule has 0 bridgehead atoms. The Balaban J connectivity index is 2.93. The van der Waals surface area contributed by atoms with Gasteiger partial charge in [-0.25, -0.2) is 4.39 Å². The van der Waals surface area contributed by atoms with Crippen LogP contribution < -0.4 is 14.8 Å². The first-order valence-corrected chi connectivity index (χ1v) is 7.09. The van der Waals surface area contributed by atoms with Crippen LogP contribution in [0.15, 0.2) is 12.1 Å². The van der Waals surface area contributed by atoms with Crippen LogP contribution in [-0.4, -0.2) is 27.3 Å². The van der Waals surface area contributed by atoms with Crippen molar-refractivity contribution in [2.24, 2.45) is 0 Å². The Bertz CT molecular complexity index is 433. The van der Waals surface area contributed by atoms with Crippen LogP contribution in [0.3, 0.4) is 0 Å². The Morgan fingerprint density at radius 2 is 1.70 bits per heavy atom. The second-order valence-corrected chi connectivity index (χ2v) is 5.57. The summed E-state index contributed by atoms with van der Waals surface area (Å²) in [6.07, 6.45) is 1.96. The van der Waals surface area contributed by atoms with E-state index in [-0.39, 0.29) is 11.2 Å². The standard InChI is InChI=1S/C16H26FNO2/c1-6-8-18-9-7-16(2,3)12-10-14(19-4)15(20-5)11-13(12)17/h10-11,18H,6-9H2,1-5H3. The maximum atomic E-state index is 14.3. The van der Waals surface area contributed by atoms with E-state index >= 15 is 0 Å². The van der Waals surface area contributed by atoms with Crippen molar-refractivity contribution in [1.82, 2.24) is 5.32 Å². The van der Waals surface area contributed by atoms with E-state index in [0.29, 0.717) is 17.1 Å². The van der Waals surface area contributed by atoms with Gasteiger partial charge in [-0.2, -0.15) is 0 Å². The Morgan fingerprint density at radius 1 is 1.10 bits per heavy atom. The van der Waals surface area contributed by atoms with Crippen LogP contribution in [-0.2, 0) is 5.41 Å². The summed E-state index contributed by atoms with van der Waals surface area (Å²) in [5, 5.41) is 3.35. The minimum atomic E-state index is -0.260. The summed E-state index contributed by atoms with van der Waals surface area (Å²) < 4.78 is 24.7. The molecule has 0 aromatic heterocycles. The average Bonchev–Trinajstić information content (AvgIpc) is 2.43. The molecule has 0 amide bonds. The van der Waals surface area contributed by atoms with E-state index in [9.17, 15) is 4.39 Å². The first kappa shape index (κ1) is 16.8. The largest absolute Gasteiger partial charge is 0.493 e. The van der Waals surface area contributed by atoms with Gasteiger partial charge < -0.3 is 14.8 Å². The van der Waals surface area contributed by atoms with Crippen molar-refractivity contribution in [2.45, 2.75) is 39.0 Å². The van der Waals surface area contributed by atoms with Gasteiger partial charge in [-0.1, -0.05) is 20.8 Å². The molecule has 1 aromatic rings. The lowest BCUT2D eigenvalue weighted by molar-refractivity contribution is 0.347. The molecule has 0 aliphatic heterocycles. The topological polar surface area (TPSA) is 30.5 Å². The van der Waals surface area contributed by atoms with Crippen molar-refractivity contribution in [1.29, 1.82) is 0 Å². The maximum Gasteiger partial charge on any atom is 0.163 e. The molecule has 0 spiro atoms. The molecule has 4 heteroatoms. The van der Waals surface area contributed by atoms with Gasteiger partial charge in [-0.15, -0.1) is 0 Å². The fourth-order valence-electron chi connectivity index (χ4n) is 2.21. The van der Waals surface area contributed by atoms with Crippen LogP contribution in [0.25, 0.3) is 0 Å². The number of benzene rings is 1. The van der Waals surface area contributed by atoms with Crippen molar-refractivity contribution in [3.8, 4) is 11.5 Å². The number of hydrogen-bond acceptors (Lipinski definition) is 3. The molecule has 0 unspecified atom stereocenters. The second kappa shape index (κ2) is 7.48. The summed E-state index contributed by atoms with van der Waals surface area (Å²) in [4.78, 5) is 0. The average molecular weight is 283 g/mol. The molecule has 1 rings (SSSR count). The van der Waals surface area contributed by atoms with Crippen molar-refractivity contribution in [3.05, 3.63) is 23.5 Å². The van der Waals surface area contributed by atoms with Crippen LogP contribution in [0.1, 0.15) is 39.2 Å². The third kappa shape index (κ3) is 4.10. The lowest BCUT2D eigenvalue weighted by atomic mass is 9.81. The van der Waals surface area contributed by atoms with E-state index < -0.39 is 0 Å². The molecule has 1 aromatic carbocycles. The van der Waals surface area contributed by atoms with Gasteiger partial charge in [0.2, 0.25) is 0 Å². The Hall–Kier alpha value is -1.29. The zero-order valence-corrected chi connectivity index (χ0v) is 13.2. The molecule has 0 heterocycles. The summed E-state index contributed by atoms with van der Waals surface area (Å²) in [6, 6.07) is 3.14. The molecule has 0 saturated carbocycles. The number of methoxy groups -OCH3 is 2. The quantitative estimate of drug-likeness (QED) is 0.741. The first-order valence-electron chi connectivity index (χ1n) is 7.09. The maximum absolute atomic E-state index is 14.3. The van der Waals surface area contributed by atoms with Gasteiger partial charge >= 0.3 is 0 Å². The SMILES string of the molecule is CCCNCCC(C)(C)c1cc(OC)c(OC)cc1F. The zero-order chi connectivity index (χ0) is 15.2. The normalized spacial score (nSPS) is 11.5. The van der Waals surface area contributed by atoms with Crippen LogP contribution in [0.4, 0.5) is 4.39 Å². The fourth-order valence-corrected chi connectivity index (χ4v) is 2.21. The number of rotatable bonds is 8. The van der Waals surface area contributed by atoms with Gasteiger partial charge in [-0.3, -0.25) is 0 Å². The van der Waals surface area contributed by atoms with Gasteiger partial charge in [0.15, 0.2) is 11.5 Å². The predicted molar refractivity (Wildman–Crippen MR) is 80.3 cm³/mol. The van der Waals surface area contributed by atoms with E-state index in [1.54, 1.807) is 13.2 Å². The molecule has 0 aliphatic carbocycles. The molecule has 114 valence electrons. The van der Waals surface area contributed by atoms with Gasteiger partial charge in [0.05, 0.1) is 14.2 Å². The lowest BCUT2D eigenvalue weighted by Gasteiger charge is -2.27. The van der Waals surface area contributed by atoms with Gasteiger partial charge in [0.25, 0.3) is 0 Å². The van der Waals surface area contributed by atoms with E-state index in [4.69, 9.17) is 9.47 Å².